The molecule has 0 aromatic carbocycles. The van der Waals surface area contributed by atoms with Gasteiger partial charge in [-0.1, -0.05) is 20.3 Å². The van der Waals surface area contributed by atoms with Crippen LogP contribution >= 0.6 is 0 Å². The highest BCUT2D eigenvalue weighted by molar-refractivity contribution is 5.76. The molecule has 0 aromatic heterocycles. The van der Waals surface area contributed by atoms with E-state index in [1.54, 1.807) is 0 Å². The fourth-order valence-corrected chi connectivity index (χ4v) is 1.99. The van der Waals surface area contributed by atoms with Crippen molar-refractivity contribution >= 4 is 5.91 Å². The topological polar surface area (TPSA) is 46.3 Å². The van der Waals surface area contributed by atoms with Crippen molar-refractivity contribution in [2.24, 2.45) is 17.6 Å². The highest BCUT2D eigenvalue weighted by Gasteiger charge is 2.22. The van der Waals surface area contributed by atoms with Crippen LogP contribution in [0.2, 0.25) is 0 Å². The number of nitrogens with zero attached hydrogens (tertiary/aromatic N) is 1. The molecule has 0 saturated carbocycles. The molecule has 2 N–H and O–H groups in total. The molecule has 0 spiro atoms. The highest BCUT2D eigenvalue weighted by Crippen LogP contribution is 2.18. The summed E-state index contributed by atoms with van der Waals surface area (Å²) in [5.41, 5.74) is 5.62. The Morgan fingerprint density at radius 2 is 2.07 bits per heavy atom. The predicted octanol–water partition coefficient (Wildman–Crippen LogP) is 1.62. The molecular weight excluding hydrogens is 188 g/mol. The van der Waals surface area contributed by atoms with Crippen LogP contribution in [0.25, 0.3) is 0 Å². The van der Waals surface area contributed by atoms with E-state index in [-0.39, 0.29) is 0 Å². The fourth-order valence-electron chi connectivity index (χ4n) is 1.99. The van der Waals surface area contributed by atoms with E-state index in [2.05, 4.69) is 13.8 Å². The maximum absolute atomic E-state index is 11.9. The standard InChI is InChI=1S/C12H24N2O/c1-3-10(2)8-12(15)14-6-4-11(9-13)5-7-14/h10-11H,3-9,13H2,1-2H3. The molecule has 1 aliphatic rings. The Morgan fingerprint density at radius 3 is 2.53 bits per heavy atom. The van der Waals surface area contributed by atoms with Gasteiger partial charge in [0.2, 0.25) is 5.91 Å². The number of carbonyl (C=O) groups is 1. The summed E-state index contributed by atoms with van der Waals surface area (Å²) in [5.74, 6) is 1.49. The fraction of sp³-hybridized carbons (Fsp3) is 0.917. The molecule has 1 aliphatic heterocycles. The second-order valence-corrected chi connectivity index (χ2v) is 4.78. The minimum atomic E-state index is 0.333. The van der Waals surface area contributed by atoms with Gasteiger partial charge in [-0.2, -0.15) is 0 Å². The van der Waals surface area contributed by atoms with Gasteiger partial charge < -0.3 is 10.6 Å². The lowest BCUT2D eigenvalue weighted by atomic mass is 9.96. The molecule has 0 bridgehead atoms. The van der Waals surface area contributed by atoms with Crippen molar-refractivity contribution in [2.75, 3.05) is 19.6 Å². The maximum Gasteiger partial charge on any atom is 0.222 e. The number of piperidine rings is 1. The summed E-state index contributed by atoms with van der Waals surface area (Å²) in [6.45, 7) is 6.88. The minimum Gasteiger partial charge on any atom is -0.343 e. The predicted molar refractivity (Wildman–Crippen MR) is 62.4 cm³/mol. The molecule has 1 atom stereocenters. The zero-order valence-corrected chi connectivity index (χ0v) is 10.0. The zero-order valence-electron chi connectivity index (χ0n) is 10.0. The SMILES string of the molecule is CCC(C)CC(=O)N1CCC(CN)CC1. The average molecular weight is 212 g/mol. The van der Waals surface area contributed by atoms with Crippen LogP contribution < -0.4 is 5.73 Å². The van der Waals surface area contributed by atoms with E-state index in [0.717, 1.165) is 38.9 Å². The summed E-state index contributed by atoms with van der Waals surface area (Å²) in [7, 11) is 0. The van der Waals surface area contributed by atoms with E-state index in [1.165, 1.54) is 0 Å². The maximum atomic E-state index is 11.9. The molecular formula is C12H24N2O. The van der Waals surface area contributed by atoms with E-state index in [0.29, 0.717) is 24.2 Å². The lowest BCUT2D eigenvalue weighted by Gasteiger charge is -2.32. The first-order valence-corrected chi connectivity index (χ1v) is 6.15. The molecule has 3 heteroatoms. The molecule has 1 saturated heterocycles. The number of hydrogen-bond acceptors (Lipinski definition) is 2. The molecule has 88 valence electrons. The summed E-state index contributed by atoms with van der Waals surface area (Å²) < 4.78 is 0. The molecule has 3 nitrogen and oxygen atoms in total. The molecule has 1 unspecified atom stereocenters. The van der Waals surface area contributed by atoms with E-state index in [4.69, 9.17) is 5.73 Å². The lowest BCUT2D eigenvalue weighted by molar-refractivity contribution is -0.133. The normalized spacial score (nSPS) is 20.3. The smallest absolute Gasteiger partial charge is 0.222 e. The van der Waals surface area contributed by atoms with Gasteiger partial charge >= 0.3 is 0 Å². The second-order valence-electron chi connectivity index (χ2n) is 4.78. The van der Waals surface area contributed by atoms with Crippen LogP contribution in [0.15, 0.2) is 0 Å². The average Bonchev–Trinajstić information content (AvgIpc) is 2.29. The van der Waals surface area contributed by atoms with Gasteiger partial charge in [0, 0.05) is 19.5 Å². The van der Waals surface area contributed by atoms with Crippen molar-refractivity contribution in [1.29, 1.82) is 0 Å². The van der Waals surface area contributed by atoms with E-state index < -0.39 is 0 Å². The third kappa shape index (κ3) is 3.82. The van der Waals surface area contributed by atoms with Gasteiger partial charge in [-0.25, -0.2) is 0 Å². The van der Waals surface area contributed by atoms with Crippen LogP contribution in [0.3, 0.4) is 0 Å². The van der Waals surface area contributed by atoms with Gasteiger partial charge in [0.15, 0.2) is 0 Å². The van der Waals surface area contributed by atoms with Gasteiger partial charge in [0.1, 0.15) is 0 Å². The summed E-state index contributed by atoms with van der Waals surface area (Å²) in [6.07, 6.45) is 3.97. The molecule has 1 rings (SSSR count). The summed E-state index contributed by atoms with van der Waals surface area (Å²) in [5, 5.41) is 0. The summed E-state index contributed by atoms with van der Waals surface area (Å²) in [6, 6.07) is 0. The number of nitrogens with two attached hydrogens (primary N) is 1. The largest absolute Gasteiger partial charge is 0.343 e. The highest BCUT2D eigenvalue weighted by atomic mass is 16.2. The zero-order chi connectivity index (χ0) is 11.3. The Kier molecular flexibility index (Phi) is 5.09. The van der Waals surface area contributed by atoms with E-state index >= 15 is 0 Å². The third-order valence-electron chi connectivity index (χ3n) is 3.52. The Hall–Kier alpha value is -0.570. The molecule has 1 heterocycles. The van der Waals surface area contributed by atoms with Gasteiger partial charge in [-0.3, -0.25) is 4.79 Å². The van der Waals surface area contributed by atoms with Gasteiger partial charge in [-0.15, -0.1) is 0 Å². The van der Waals surface area contributed by atoms with Gasteiger partial charge in [-0.05, 0) is 31.2 Å². The van der Waals surface area contributed by atoms with Crippen LogP contribution in [0.5, 0.6) is 0 Å². The van der Waals surface area contributed by atoms with Crippen LogP contribution in [-0.2, 0) is 4.79 Å². The van der Waals surface area contributed by atoms with E-state index in [1.807, 2.05) is 4.90 Å². The minimum absolute atomic E-state index is 0.333. The monoisotopic (exact) mass is 212 g/mol. The van der Waals surface area contributed by atoms with Crippen LogP contribution in [-0.4, -0.2) is 30.4 Å². The third-order valence-corrected chi connectivity index (χ3v) is 3.52. The first-order chi connectivity index (χ1) is 7.17. The van der Waals surface area contributed by atoms with Crippen LogP contribution in [0, 0.1) is 11.8 Å². The van der Waals surface area contributed by atoms with Crippen molar-refractivity contribution in [3.63, 3.8) is 0 Å². The number of hydrogen-bond donors (Lipinski definition) is 1. The molecule has 0 aliphatic carbocycles. The van der Waals surface area contributed by atoms with E-state index in [9.17, 15) is 4.79 Å². The van der Waals surface area contributed by atoms with Gasteiger partial charge in [0.05, 0.1) is 0 Å². The van der Waals surface area contributed by atoms with Crippen molar-refractivity contribution in [3.8, 4) is 0 Å². The molecule has 0 radical (unpaired) electrons. The number of carbonyl (C=O) groups excluding carboxylic acids is 1. The van der Waals surface area contributed by atoms with Crippen molar-refractivity contribution in [2.45, 2.75) is 39.5 Å². The number of amides is 1. The molecule has 1 amide bonds. The molecule has 15 heavy (non-hydrogen) atoms. The number of likely N-dealkylation sites (tertiary alicyclic amines) is 1. The van der Waals surface area contributed by atoms with Gasteiger partial charge in [0.25, 0.3) is 0 Å². The second kappa shape index (κ2) is 6.11. The lowest BCUT2D eigenvalue weighted by Crippen LogP contribution is -2.40. The van der Waals surface area contributed by atoms with Crippen molar-refractivity contribution in [1.82, 2.24) is 4.90 Å². The first kappa shape index (κ1) is 12.5. The van der Waals surface area contributed by atoms with Crippen molar-refractivity contribution < 1.29 is 4.79 Å². The Balaban J connectivity index is 2.30. The first-order valence-electron chi connectivity index (χ1n) is 6.15. The Bertz CT molecular complexity index is 198. The summed E-state index contributed by atoms with van der Waals surface area (Å²) >= 11 is 0. The van der Waals surface area contributed by atoms with Crippen LogP contribution in [0.1, 0.15) is 39.5 Å². The quantitative estimate of drug-likeness (QED) is 0.769. The van der Waals surface area contributed by atoms with Crippen molar-refractivity contribution in [3.05, 3.63) is 0 Å². The van der Waals surface area contributed by atoms with Crippen LogP contribution in [0.4, 0.5) is 0 Å². The Morgan fingerprint density at radius 1 is 1.47 bits per heavy atom. The number of rotatable bonds is 4. The summed E-state index contributed by atoms with van der Waals surface area (Å²) in [4.78, 5) is 13.9. The molecule has 0 aromatic rings. The molecule has 1 fully saturated rings. The Labute approximate surface area is 93.0 Å².